The Balaban J connectivity index is 2.13. The lowest BCUT2D eigenvalue weighted by atomic mass is 10.1. The lowest BCUT2D eigenvalue weighted by molar-refractivity contribution is -0.384. The van der Waals surface area contributed by atoms with Gasteiger partial charge in [0.1, 0.15) is 11.9 Å². The number of non-ortho nitro benzene ring substituents is 1. The number of nitro groups is 1. The molecule has 2 rings (SSSR count). The molecule has 0 amide bonds. The van der Waals surface area contributed by atoms with E-state index in [0.717, 1.165) is 6.08 Å². The van der Waals surface area contributed by atoms with Crippen molar-refractivity contribution in [1.29, 1.82) is 0 Å². The molecular weight excluding hydrogens is 286 g/mol. The van der Waals surface area contributed by atoms with E-state index in [2.05, 4.69) is 0 Å². The molecule has 0 saturated heterocycles. The number of nitrogens with zero attached hydrogens (tertiary/aromatic N) is 1. The van der Waals surface area contributed by atoms with Gasteiger partial charge >= 0.3 is 5.97 Å². The average Bonchev–Trinajstić information content (AvgIpc) is 2.44. The topological polar surface area (TPSA) is 139 Å². The number of hydrogen-bond donors (Lipinski definition) is 3. The summed E-state index contributed by atoms with van der Waals surface area (Å²) in [5, 5.41) is 38.5. The van der Waals surface area contributed by atoms with Crippen molar-refractivity contribution in [1.82, 2.24) is 0 Å². The maximum atomic E-state index is 10.8. The standard InChI is InChI=1S/C12H11NO8/c14-8-5-9(11(16)17)21-12(10(8)15)20-7-3-1-6(2-4-7)13(18)19/h1-5,8,10,12,14-15H,(H,16,17). The van der Waals surface area contributed by atoms with Crippen molar-refractivity contribution in [2.24, 2.45) is 0 Å². The van der Waals surface area contributed by atoms with E-state index >= 15 is 0 Å². The van der Waals surface area contributed by atoms with E-state index in [-0.39, 0.29) is 11.4 Å². The fourth-order valence-corrected chi connectivity index (χ4v) is 1.64. The fourth-order valence-electron chi connectivity index (χ4n) is 1.64. The molecule has 3 N–H and O–H groups in total. The van der Waals surface area contributed by atoms with Crippen LogP contribution in [0.1, 0.15) is 0 Å². The fraction of sp³-hybridized carbons (Fsp3) is 0.250. The second kappa shape index (κ2) is 5.77. The smallest absolute Gasteiger partial charge is 0.371 e. The van der Waals surface area contributed by atoms with Crippen LogP contribution >= 0.6 is 0 Å². The molecule has 1 aromatic carbocycles. The number of carboxylic acids is 1. The minimum atomic E-state index is -1.50. The Morgan fingerprint density at radius 1 is 1.29 bits per heavy atom. The van der Waals surface area contributed by atoms with Crippen molar-refractivity contribution in [2.45, 2.75) is 18.5 Å². The molecule has 0 aliphatic carbocycles. The lowest BCUT2D eigenvalue weighted by Gasteiger charge is -2.30. The van der Waals surface area contributed by atoms with Crippen LogP contribution < -0.4 is 4.74 Å². The van der Waals surface area contributed by atoms with Crippen LogP contribution in [0.15, 0.2) is 36.1 Å². The van der Waals surface area contributed by atoms with Gasteiger partial charge in [-0.05, 0) is 18.2 Å². The van der Waals surface area contributed by atoms with E-state index in [1.165, 1.54) is 24.3 Å². The van der Waals surface area contributed by atoms with Crippen LogP contribution in [0.3, 0.4) is 0 Å². The minimum Gasteiger partial charge on any atom is -0.475 e. The molecule has 1 aromatic rings. The average molecular weight is 297 g/mol. The Bertz CT molecular complexity index is 581. The Labute approximate surface area is 117 Å². The number of carboxylic acid groups (broad SMARTS) is 1. The summed E-state index contributed by atoms with van der Waals surface area (Å²) < 4.78 is 10.1. The second-order valence-electron chi connectivity index (χ2n) is 4.17. The largest absolute Gasteiger partial charge is 0.475 e. The van der Waals surface area contributed by atoms with Crippen LogP contribution in [0.5, 0.6) is 5.75 Å². The number of aliphatic hydroxyl groups excluding tert-OH is 2. The van der Waals surface area contributed by atoms with Crippen molar-refractivity contribution < 1.29 is 34.5 Å². The van der Waals surface area contributed by atoms with Crippen LogP contribution in [0.25, 0.3) is 0 Å². The zero-order valence-electron chi connectivity index (χ0n) is 10.4. The van der Waals surface area contributed by atoms with Gasteiger partial charge in [0.05, 0.1) is 4.92 Å². The quantitative estimate of drug-likeness (QED) is 0.522. The Morgan fingerprint density at radius 2 is 1.90 bits per heavy atom. The predicted octanol–water partition coefficient (Wildman–Crippen LogP) is 0.0202. The van der Waals surface area contributed by atoms with Gasteiger partial charge in [-0.25, -0.2) is 4.79 Å². The van der Waals surface area contributed by atoms with Crippen molar-refractivity contribution in [2.75, 3.05) is 0 Å². The number of rotatable bonds is 4. The molecule has 0 spiro atoms. The first kappa shape index (κ1) is 14.8. The van der Waals surface area contributed by atoms with Gasteiger partial charge in [-0.1, -0.05) is 0 Å². The van der Waals surface area contributed by atoms with E-state index in [4.69, 9.17) is 14.6 Å². The molecule has 1 aliphatic rings. The van der Waals surface area contributed by atoms with Gasteiger partial charge in [0.25, 0.3) is 12.0 Å². The highest BCUT2D eigenvalue weighted by Crippen LogP contribution is 2.24. The third kappa shape index (κ3) is 3.27. The first-order valence-corrected chi connectivity index (χ1v) is 5.77. The zero-order chi connectivity index (χ0) is 15.6. The molecular formula is C12H11NO8. The van der Waals surface area contributed by atoms with Crippen LogP contribution in [-0.2, 0) is 9.53 Å². The third-order valence-electron chi connectivity index (χ3n) is 2.70. The minimum absolute atomic E-state index is 0.114. The van der Waals surface area contributed by atoms with E-state index in [1.54, 1.807) is 0 Å². The molecule has 3 atom stereocenters. The first-order chi connectivity index (χ1) is 9.88. The molecule has 112 valence electrons. The maximum Gasteiger partial charge on any atom is 0.371 e. The number of hydrogen-bond acceptors (Lipinski definition) is 7. The number of benzene rings is 1. The lowest BCUT2D eigenvalue weighted by Crippen LogP contribution is -2.45. The van der Waals surface area contributed by atoms with Crippen LogP contribution in [-0.4, -0.2) is 44.7 Å². The number of nitro benzene ring substituents is 1. The summed E-state index contributed by atoms with van der Waals surface area (Å²) in [6, 6.07) is 4.88. The summed E-state index contributed by atoms with van der Waals surface area (Å²) in [5.74, 6) is -1.86. The summed E-state index contributed by atoms with van der Waals surface area (Å²) in [6.45, 7) is 0. The monoisotopic (exact) mass is 297 g/mol. The van der Waals surface area contributed by atoms with Crippen LogP contribution in [0, 0.1) is 10.1 Å². The zero-order valence-corrected chi connectivity index (χ0v) is 10.4. The first-order valence-electron chi connectivity index (χ1n) is 5.77. The van der Waals surface area contributed by atoms with E-state index in [0.29, 0.717) is 0 Å². The van der Waals surface area contributed by atoms with Crippen molar-refractivity contribution >= 4 is 11.7 Å². The summed E-state index contributed by atoms with van der Waals surface area (Å²) >= 11 is 0. The second-order valence-corrected chi connectivity index (χ2v) is 4.17. The van der Waals surface area contributed by atoms with Crippen molar-refractivity contribution in [3.63, 3.8) is 0 Å². The Morgan fingerprint density at radius 3 is 2.43 bits per heavy atom. The number of ether oxygens (including phenoxy) is 2. The van der Waals surface area contributed by atoms with Gasteiger partial charge in [0.2, 0.25) is 5.76 Å². The van der Waals surface area contributed by atoms with E-state index in [1.807, 2.05) is 0 Å². The Kier molecular flexibility index (Phi) is 4.05. The summed E-state index contributed by atoms with van der Waals surface area (Å²) in [5.41, 5.74) is -0.154. The van der Waals surface area contributed by atoms with Gasteiger partial charge in [-0.15, -0.1) is 0 Å². The van der Waals surface area contributed by atoms with Gasteiger partial charge in [0, 0.05) is 12.1 Å². The number of carbonyl (C=O) groups is 1. The van der Waals surface area contributed by atoms with Crippen LogP contribution in [0.4, 0.5) is 5.69 Å². The highest BCUT2D eigenvalue weighted by molar-refractivity contribution is 5.84. The maximum absolute atomic E-state index is 10.8. The molecule has 1 heterocycles. The van der Waals surface area contributed by atoms with Crippen LogP contribution in [0.2, 0.25) is 0 Å². The van der Waals surface area contributed by atoms with Gasteiger partial charge in [-0.3, -0.25) is 10.1 Å². The van der Waals surface area contributed by atoms with Gasteiger partial charge in [-0.2, -0.15) is 0 Å². The number of aliphatic hydroxyl groups is 2. The van der Waals surface area contributed by atoms with Gasteiger partial charge < -0.3 is 24.8 Å². The molecule has 0 bridgehead atoms. The highest BCUT2D eigenvalue weighted by atomic mass is 16.7. The third-order valence-corrected chi connectivity index (χ3v) is 2.70. The summed E-state index contributed by atoms with van der Waals surface area (Å²) in [6.07, 6.45) is -3.56. The summed E-state index contributed by atoms with van der Waals surface area (Å²) in [7, 11) is 0. The molecule has 3 unspecified atom stereocenters. The normalized spacial score (nSPS) is 24.7. The molecule has 9 heteroatoms. The Hall–Kier alpha value is -2.65. The SMILES string of the molecule is O=C(O)C1=CC(O)C(O)C(Oc2ccc([N+](=O)[O-])cc2)O1. The molecule has 9 nitrogen and oxygen atoms in total. The predicted molar refractivity (Wildman–Crippen MR) is 66.3 cm³/mol. The number of aliphatic carboxylic acids is 1. The highest BCUT2D eigenvalue weighted by Gasteiger charge is 2.36. The van der Waals surface area contributed by atoms with Gasteiger partial charge in [0.15, 0.2) is 6.10 Å². The van der Waals surface area contributed by atoms with E-state index < -0.39 is 35.1 Å². The molecule has 0 saturated carbocycles. The van der Waals surface area contributed by atoms with Crippen molar-refractivity contribution in [3.8, 4) is 5.75 Å². The summed E-state index contributed by atoms with van der Waals surface area (Å²) in [4.78, 5) is 20.7. The molecule has 21 heavy (non-hydrogen) atoms. The molecule has 0 aromatic heterocycles. The molecule has 0 radical (unpaired) electrons. The van der Waals surface area contributed by atoms with Crippen molar-refractivity contribution in [3.05, 3.63) is 46.2 Å². The van der Waals surface area contributed by atoms with E-state index in [9.17, 15) is 25.1 Å². The molecule has 1 aliphatic heterocycles. The molecule has 0 fully saturated rings.